The standard InChI is InChI=1S/C21H19ClO5/c1-4-13-5-10-17-16(11-13)18(23)20(26-12(2)21(24)25-3)19(27-17)14-6-8-15(22)9-7-14/h5-12H,4H2,1-3H3/t12-/m1/s1. The summed E-state index contributed by atoms with van der Waals surface area (Å²) in [4.78, 5) is 24.9. The van der Waals surface area contributed by atoms with E-state index in [2.05, 4.69) is 0 Å². The number of halogens is 1. The molecule has 1 aromatic heterocycles. The predicted octanol–water partition coefficient (Wildman–Crippen LogP) is 4.62. The van der Waals surface area contributed by atoms with Crippen LogP contribution in [0.15, 0.2) is 51.7 Å². The Labute approximate surface area is 161 Å². The third-order valence-corrected chi connectivity index (χ3v) is 4.51. The van der Waals surface area contributed by atoms with Crippen LogP contribution in [0.4, 0.5) is 0 Å². The lowest BCUT2D eigenvalue weighted by Gasteiger charge is -2.15. The smallest absolute Gasteiger partial charge is 0.346 e. The fourth-order valence-electron chi connectivity index (χ4n) is 2.73. The molecular weight excluding hydrogens is 368 g/mol. The zero-order valence-electron chi connectivity index (χ0n) is 15.2. The third-order valence-electron chi connectivity index (χ3n) is 4.26. The highest BCUT2D eigenvalue weighted by Crippen LogP contribution is 2.32. The maximum atomic E-state index is 13.1. The molecule has 0 fully saturated rings. The largest absolute Gasteiger partial charge is 0.471 e. The van der Waals surface area contributed by atoms with Gasteiger partial charge in [-0.15, -0.1) is 0 Å². The van der Waals surface area contributed by atoms with Gasteiger partial charge >= 0.3 is 5.97 Å². The lowest BCUT2D eigenvalue weighted by atomic mass is 10.1. The van der Waals surface area contributed by atoms with E-state index in [1.165, 1.54) is 14.0 Å². The first-order chi connectivity index (χ1) is 12.9. The molecule has 0 aliphatic carbocycles. The van der Waals surface area contributed by atoms with E-state index in [4.69, 9.17) is 25.5 Å². The van der Waals surface area contributed by atoms with E-state index in [-0.39, 0.29) is 16.9 Å². The summed E-state index contributed by atoms with van der Waals surface area (Å²) in [5.74, 6) is -0.376. The second kappa shape index (κ2) is 7.84. The summed E-state index contributed by atoms with van der Waals surface area (Å²) in [6, 6.07) is 12.3. The zero-order valence-corrected chi connectivity index (χ0v) is 16.0. The van der Waals surface area contributed by atoms with Crippen molar-refractivity contribution in [2.45, 2.75) is 26.4 Å². The van der Waals surface area contributed by atoms with Crippen LogP contribution in [0.1, 0.15) is 19.4 Å². The van der Waals surface area contributed by atoms with E-state index in [1.54, 1.807) is 36.4 Å². The van der Waals surface area contributed by atoms with Gasteiger partial charge in [-0.25, -0.2) is 4.79 Å². The van der Waals surface area contributed by atoms with Crippen LogP contribution >= 0.6 is 11.6 Å². The van der Waals surface area contributed by atoms with Gasteiger partial charge in [-0.3, -0.25) is 4.79 Å². The van der Waals surface area contributed by atoms with E-state index < -0.39 is 12.1 Å². The molecule has 0 amide bonds. The highest BCUT2D eigenvalue weighted by Gasteiger charge is 2.23. The van der Waals surface area contributed by atoms with E-state index in [9.17, 15) is 9.59 Å². The molecule has 3 rings (SSSR count). The van der Waals surface area contributed by atoms with E-state index >= 15 is 0 Å². The van der Waals surface area contributed by atoms with Gasteiger partial charge in [-0.2, -0.15) is 0 Å². The van der Waals surface area contributed by atoms with E-state index in [0.29, 0.717) is 21.6 Å². The molecule has 0 spiro atoms. The molecular formula is C21H19ClO5. The molecule has 0 aliphatic rings. The molecule has 5 nitrogen and oxygen atoms in total. The average molecular weight is 387 g/mol. The number of ether oxygens (including phenoxy) is 2. The highest BCUT2D eigenvalue weighted by atomic mass is 35.5. The van der Waals surface area contributed by atoms with Crippen molar-refractivity contribution < 1.29 is 18.7 Å². The quantitative estimate of drug-likeness (QED) is 0.599. The molecule has 0 aliphatic heterocycles. The number of esters is 1. The van der Waals surface area contributed by atoms with Gasteiger partial charge < -0.3 is 13.9 Å². The summed E-state index contributed by atoms with van der Waals surface area (Å²) >= 11 is 5.96. The summed E-state index contributed by atoms with van der Waals surface area (Å²) in [5.41, 5.74) is 1.72. The Balaban J connectivity index is 2.24. The van der Waals surface area contributed by atoms with Gasteiger partial charge in [0.05, 0.1) is 12.5 Å². The lowest BCUT2D eigenvalue weighted by molar-refractivity contribution is -0.147. The van der Waals surface area contributed by atoms with Gasteiger partial charge in [0.2, 0.25) is 11.2 Å². The van der Waals surface area contributed by atoms with Crippen LogP contribution in [0.25, 0.3) is 22.3 Å². The minimum absolute atomic E-state index is 0.0315. The summed E-state index contributed by atoms with van der Waals surface area (Å²) in [5, 5.41) is 0.957. The minimum atomic E-state index is -0.962. The molecule has 2 aromatic carbocycles. The highest BCUT2D eigenvalue weighted by molar-refractivity contribution is 6.30. The molecule has 1 heterocycles. The zero-order chi connectivity index (χ0) is 19.6. The Morgan fingerprint density at radius 2 is 1.89 bits per heavy atom. The molecule has 0 N–H and O–H groups in total. The van der Waals surface area contributed by atoms with Crippen LogP contribution in [0.3, 0.4) is 0 Å². The van der Waals surface area contributed by atoms with Gasteiger partial charge in [0, 0.05) is 10.6 Å². The van der Waals surface area contributed by atoms with Crippen molar-refractivity contribution in [1.82, 2.24) is 0 Å². The molecule has 27 heavy (non-hydrogen) atoms. The van der Waals surface area contributed by atoms with Crippen molar-refractivity contribution in [3.05, 3.63) is 63.3 Å². The van der Waals surface area contributed by atoms with Gasteiger partial charge in [-0.05, 0) is 55.3 Å². The summed E-state index contributed by atoms with van der Waals surface area (Å²) < 4.78 is 16.4. The molecule has 0 saturated carbocycles. The predicted molar refractivity (Wildman–Crippen MR) is 104 cm³/mol. The second-order valence-corrected chi connectivity index (χ2v) is 6.50. The molecule has 0 unspecified atom stereocenters. The van der Waals surface area contributed by atoms with Crippen LogP contribution in [-0.2, 0) is 16.0 Å². The first-order valence-corrected chi connectivity index (χ1v) is 8.92. The molecule has 1 atom stereocenters. The van der Waals surface area contributed by atoms with E-state index in [0.717, 1.165) is 12.0 Å². The number of fused-ring (bicyclic) bond motifs is 1. The first kappa shape index (κ1) is 19.0. The Hall–Kier alpha value is -2.79. The van der Waals surface area contributed by atoms with Crippen molar-refractivity contribution in [1.29, 1.82) is 0 Å². The number of benzene rings is 2. The fourth-order valence-corrected chi connectivity index (χ4v) is 2.86. The third kappa shape index (κ3) is 3.83. The number of methoxy groups -OCH3 is 1. The van der Waals surface area contributed by atoms with Crippen molar-refractivity contribution in [2.75, 3.05) is 7.11 Å². The number of rotatable bonds is 5. The topological polar surface area (TPSA) is 65.7 Å². The van der Waals surface area contributed by atoms with Crippen LogP contribution < -0.4 is 10.2 Å². The van der Waals surface area contributed by atoms with Crippen molar-refractivity contribution in [3.63, 3.8) is 0 Å². The lowest BCUT2D eigenvalue weighted by Crippen LogP contribution is -2.27. The van der Waals surface area contributed by atoms with Crippen LogP contribution in [0, 0.1) is 0 Å². The molecule has 6 heteroatoms. The van der Waals surface area contributed by atoms with Crippen molar-refractivity contribution in [2.24, 2.45) is 0 Å². The Kier molecular flexibility index (Phi) is 5.51. The van der Waals surface area contributed by atoms with Crippen LogP contribution in [-0.4, -0.2) is 19.2 Å². The molecule has 3 aromatic rings. The van der Waals surface area contributed by atoms with Gasteiger partial charge in [0.25, 0.3) is 0 Å². The second-order valence-electron chi connectivity index (χ2n) is 6.06. The normalized spacial score (nSPS) is 12.0. The van der Waals surface area contributed by atoms with Gasteiger partial charge in [0.15, 0.2) is 11.9 Å². The Bertz CT molecular complexity index is 1040. The van der Waals surface area contributed by atoms with E-state index in [1.807, 2.05) is 13.0 Å². The maximum Gasteiger partial charge on any atom is 0.346 e. The monoisotopic (exact) mass is 386 g/mol. The fraction of sp³-hybridized carbons (Fsp3) is 0.238. The van der Waals surface area contributed by atoms with Crippen LogP contribution in [0.5, 0.6) is 5.75 Å². The first-order valence-electron chi connectivity index (χ1n) is 8.54. The number of carbonyl (C=O) groups is 1. The number of hydrogen-bond donors (Lipinski definition) is 0. The summed E-state index contributed by atoms with van der Waals surface area (Å²) in [6.45, 7) is 3.52. The molecule has 0 saturated heterocycles. The summed E-state index contributed by atoms with van der Waals surface area (Å²) in [6.07, 6.45) is -0.181. The van der Waals surface area contributed by atoms with Crippen LogP contribution in [0.2, 0.25) is 5.02 Å². The van der Waals surface area contributed by atoms with Gasteiger partial charge in [0.1, 0.15) is 5.58 Å². The SMILES string of the molecule is CCc1ccc2oc(-c3ccc(Cl)cc3)c(O[C@H](C)C(=O)OC)c(=O)c2c1. The molecule has 0 radical (unpaired) electrons. The average Bonchev–Trinajstić information content (AvgIpc) is 2.69. The number of hydrogen-bond acceptors (Lipinski definition) is 5. The summed E-state index contributed by atoms with van der Waals surface area (Å²) in [7, 11) is 1.26. The Morgan fingerprint density at radius 1 is 1.19 bits per heavy atom. The van der Waals surface area contributed by atoms with Gasteiger partial charge in [-0.1, -0.05) is 24.6 Å². The number of carbonyl (C=O) groups excluding carboxylic acids is 1. The van der Waals surface area contributed by atoms with Crippen molar-refractivity contribution >= 4 is 28.5 Å². The Morgan fingerprint density at radius 3 is 2.52 bits per heavy atom. The molecule has 0 bridgehead atoms. The molecule has 140 valence electrons. The van der Waals surface area contributed by atoms with Crippen molar-refractivity contribution in [3.8, 4) is 17.1 Å². The maximum absolute atomic E-state index is 13.1. The minimum Gasteiger partial charge on any atom is -0.471 e. The number of aryl methyl sites for hydroxylation is 1.